The number of hydrogen-bond acceptors (Lipinski definition) is 3. The molecule has 3 heteroatoms. The third kappa shape index (κ3) is 2.68. The fraction of sp³-hybridized carbons (Fsp3) is 0.353. The number of anilines is 1. The van der Waals surface area contributed by atoms with Crippen molar-refractivity contribution in [3.05, 3.63) is 48.3 Å². The molecular weight excluding hydrogens is 246 g/mol. The van der Waals surface area contributed by atoms with E-state index in [0.717, 1.165) is 13.1 Å². The molecule has 3 nitrogen and oxygen atoms in total. The molecule has 0 fully saturated rings. The smallest absolute Gasteiger partial charge is 0.0376 e. The van der Waals surface area contributed by atoms with Crippen molar-refractivity contribution in [2.75, 3.05) is 32.5 Å². The van der Waals surface area contributed by atoms with Crippen LogP contribution in [0.4, 0.5) is 5.69 Å². The van der Waals surface area contributed by atoms with Crippen molar-refractivity contribution in [1.29, 1.82) is 0 Å². The zero-order valence-corrected chi connectivity index (χ0v) is 12.1. The second-order valence-corrected chi connectivity index (χ2v) is 5.71. The van der Waals surface area contributed by atoms with Crippen LogP contribution in [0.15, 0.2) is 42.7 Å². The third-order valence-corrected chi connectivity index (χ3v) is 3.97. The summed E-state index contributed by atoms with van der Waals surface area (Å²) in [7, 11) is 4.27. The largest absolute Gasteiger partial charge is 0.384 e. The van der Waals surface area contributed by atoms with Gasteiger partial charge >= 0.3 is 0 Å². The lowest BCUT2D eigenvalue weighted by Crippen LogP contribution is -2.16. The molecule has 1 aliphatic rings. The summed E-state index contributed by atoms with van der Waals surface area (Å²) in [5, 5.41) is 3.52. The number of rotatable bonds is 4. The monoisotopic (exact) mass is 267 g/mol. The zero-order chi connectivity index (χ0) is 13.9. The van der Waals surface area contributed by atoms with Gasteiger partial charge in [-0.1, -0.05) is 6.07 Å². The average Bonchev–Trinajstić information content (AvgIpc) is 2.88. The molecular formula is C17H21N3. The molecule has 0 spiro atoms. The van der Waals surface area contributed by atoms with Crippen LogP contribution in [0.1, 0.15) is 17.9 Å². The molecule has 0 saturated heterocycles. The normalized spacial score (nSPS) is 17.1. The molecule has 1 atom stereocenters. The van der Waals surface area contributed by atoms with Gasteiger partial charge in [0.05, 0.1) is 0 Å². The van der Waals surface area contributed by atoms with Crippen LogP contribution in [0.2, 0.25) is 0 Å². The molecule has 0 saturated carbocycles. The highest BCUT2D eigenvalue weighted by Gasteiger charge is 2.22. The number of fused-ring (bicyclic) bond motifs is 1. The van der Waals surface area contributed by atoms with Crippen LogP contribution < -0.4 is 5.32 Å². The minimum Gasteiger partial charge on any atom is -0.384 e. The first-order chi connectivity index (χ1) is 9.74. The first kappa shape index (κ1) is 13.1. The van der Waals surface area contributed by atoms with Crippen LogP contribution in [0.3, 0.4) is 0 Å². The van der Waals surface area contributed by atoms with Crippen LogP contribution in [-0.2, 0) is 0 Å². The summed E-state index contributed by atoms with van der Waals surface area (Å²) in [5.41, 5.74) is 5.28. The summed E-state index contributed by atoms with van der Waals surface area (Å²) in [5.74, 6) is 0.620. The van der Waals surface area contributed by atoms with E-state index in [1.165, 1.54) is 28.8 Å². The predicted molar refractivity (Wildman–Crippen MR) is 84.1 cm³/mol. The van der Waals surface area contributed by atoms with Gasteiger partial charge in [0.1, 0.15) is 0 Å². The molecule has 104 valence electrons. The van der Waals surface area contributed by atoms with Gasteiger partial charge in [-0.15, -0.1) is 0 Å². The number of benzene rings is 1. The summed E-state index contributed by atoms with van der Waals surface area (Å²) >= 11 is 0. The van der Waals surface area contributed by atoms with E-state index in [-0.39, 0.29) is 0 Å². The molecule has 0 radical (unpaired) electrons. The van der Waals surface area contributed by atoms with Gasteiger partial charge in [-0.25, -0.2) is 0 Å². The van der Waals surface area contributed by atoms with Crippen molar-refractivity contribution in [1.82, 2.24) is 9.88 Å². The van der Waals surface area contributed by atoms with Crippen molar-refractivity contribution in [3.8, 4) is 11.1 Å². The van der Waals surface area contributed by atoms with Gasteiger partial charge in [0.15, 0.2) is 0 Å². The Bertz CT molecular complexity index is 578. The number of hydrogen-bond donors (Lipinski definition) is 1. The van der Waals surface area contributed by atoms with Gasteiger partial charge in [0.25, 0.3) is 0 Å². The minimum absolute atomic E-state index is 0.620. The van der Waals surface area contributed by atoms with E-state index in [0.29, 0.717) is 5.92 Å². The van der Waals surface area contributed by atoms with Crippen molar-refractivity contribution in [3.63, 3.8) is 0 Å². The fourth-order valence-corrected chi connectivity index (χ4v) is 2.80. The summed E-state index contributed by atoms with van der Waals surface area (Å²) in [6.45, 7) is 2.19. The molecule has 3 rings (SSSR count). The zero-order valence-electron chi connectivity index (χ0n) is 12.1. The van der Waals surface area contributed by atoms with Gasteiger partial charge in [-0.05, 0) is 68.0 Å². The van der Waals surface area contributed by atoms with Gasteiger partial charge in [0, 0.05) is 30.5 Å². The van der Waals surface area contributed by atoms with E-state index in [4.69, 9.17) is 0 Å². The number of nitrogens with zero attached hydrogens (tertiary/aromatic N) is 2. The van der Waals surface area contributed by atoms with Crippen LogP contribution >= 0.6 is 0 Å². The van der Waals surface area contributed by atoms with E-state index < -0.39 is 0 Å². The standard InChI is InChI=1S/C17H21N3/c1-20(2)10-7-15-12-19-17-4-3-14(11-16(15)17)13-5-8-18-9-6-13/h3-6,8-9,11,15,19H,7,10,12H2,1-2H3. The van der Waals surface area contributed by atoms with E-state index in [1.54, 1.807) is 0 Å². The first-order valence-corrected chi connectivity index (χ1v) is 7.17. The van der Waals surface area contributed by atoms with Gasteiger partial charge in [0.2, 0.25) is 0 Å². The third-order valence-electron chi connectivity index (χ3n) is 3.97. The highest BCUT2D eigenvalue weighted by Crippen LogP contribution is 2.36. The van der Waals surface area contributed by atoms with Crippen LogP contribution in [0.5, 0.6) is 0 Å². The Hall–Kier alpha value is -1.87. The van der Waals surface area contributed by atoms with Crippen LogP contribution in [0.25, 0.3) is 11.1 Å². The van der Waals surface area contributed by atoms with E-state index >= 15 is 0 Å². The maximum atomic E-state index is 4.09. The minimum atomic E-state index is 0.620. The molecule has 0 bridgehead atoms. The maximum absolute atomic E-state index is 4.09. The molecule has 1 aromatic carbocycles. The molecule has 1 aromatic heterocycles. The second kappa shape index (κ2) is 5.63. The number of nitrogens with one attached hydrogen (secondary N) is 1. The van der Waals surface area contributed by atoms with E-state index in [1.807, 2.05) is 12.4 Å². The maximum Gasteiger partial charge on any atom is 0.0376 e. The first-order valence-electron chi connectivity index (χ1n) is 7.17. The van der Waals surface area contributed by atoms with Crippen molar-refractivity contribution >= 4 is 5.69 Å². The lowest BCUT2D eigenvalue weighted by atomic mass is 9.94. The SMILES string of the molecule is CN(C)CCC1CNc2ccc(-c3ccncc3)cc21. The van der Waals surface area contributed by atoms with Crippen molar-refractivity contribution in [2.45, 2.75) is 12.3 Å². The van der Waals surface area contributed by atoms with Crippen molar-refractivity contribution < 1.29 is 0 Å². The van der Waals surface area contributed by atoms with Gasteiger partial charge < -0.3 is 10.2 Å². The van der Waals surface area contributed by atoms with Crippen LogP contribution in [0, 0.1) is 0 Å². The lowest BCUT2D eigenvalue weighted by Gasteiger charge is -2.15. The molecule has 1 aliphatic heterocycles. The Kier molecular flexibility index (Phi) is 3.70. The highest BCUT2D eigenvalue weighted by molar-refractivity contribution is 5.70. The van der Waals surface area contributed by atoms with E-state index in [9.17, 15) is 0 Å². The Morgan fingerprint density at radius 3 is 2.70 bits per heavy atom. The Morgan fingerprint density at radius 1 is 1.15 bits per heavy atom. The average molecular weight is 267 g/mol. The van der Waals surface area contributed by atoms with E-state index in [2.05, 4.69) is 59.6 Å². The quantitative estimate of drug-likeness (QED) is 0.922. The van der Waals surface area contributed by atoms with Crippen molar-refractivity contribution in [2.24, 2.45) is 0 Å². The highest BCUT2D eigenvalue weighted by atomic mass is 15.0. The Labute approximate surface area is 120 Å². The summed E-state index contributed by atoms with van der Waals surface area (Å²) in [4.78, 5) is 6.34. The summed E-state index contributed by atoms with van der Waals surface area (Å²) in [6, 6.07) is 10.9. The molecule has 0 aliphatic carbocycles. The summed E-state index contributed by atoms with van der Waals surface area (Å²) < 4.78 is 0. The molecule has 2 heterocycles. The number of aromatic nitrogens is 1. The molecule has 0 amide bonds. The fourth-order valence-electron chi connectivity index (χ4n) is 2.80. The molecule has 20 heavy (non-hydrogen) atoms. The lowest BCUT2D eigenvalue weighted by molar-refractivity contribution is 0.386. The van der Waals surface area contributed by atoms with Gasteiger partial charge in [-0.2, -0.15) is 0 Å². The Morgan fingerprint density at radius 2 is 1.95 bits per heavy atom. The van der Waals surface area contributed by atoms with Gasteiger partial charge in [-0.3, -0.25) is 4.98 Å². The predicted octanol–water partition coefficient (Wildman–Crippen LogP) is 3.21. The number of pyridine rings is 1. The Balaban J connectivity index is 1.86. The molecule has 1 unspecified atom stereocenters. The molecule has 1 N–H and O–H groups in total. The second-order valence-electron chi connectivity index (χ2n) is 5.71. The molecule has 2 aromatic rings. The topological polar surface area (TPSA) is 28.2 Å². The summed E-state index contributed by atoms with van der Waals surface area (Å²) in [6.07, 6.45) is 4.90. The van der Waals surface area contributed by atoms with Crippen LogP contribution in [-0.4, -0.2) is 37.1 Å².